The molecule has 0 fully saturated rings. The van der Waals surface area contributed by atoms with Crippen LogP contribution in [0.25, 0.3) is 0 Å². The van der Waals surface area contributed by atoms with Gasteiger partial charge in [0.05, 0.1) is 30.7 Å². The summed E-state index contributed by atoms with van der Waals surface area (Å²) in [4.78, 5) is 27.5. The number of nitro groups is 1. The largest absolute Gasteiger partial charge is 0.540 e. The summed E-state index contributed by atoms with van der Waals surface area (Å²) in [6, 6.07) is 2.59. The first-order chi connectivity index (χ1) is 18.8. The van der Waals surface area contributed by atoms with E-state index in [9.17, 15) is 14.9 Å². The van der Waals surface area contributed by atoms with Gasteiger partial charge in [-0.3, -0.25) is 14.9 Å². The van der Waals surface area contributed by atoms with Crippen molar-refractivity contribution in [1.29, 1.82) is 0 Å². The summed E-state index contributed by atoms with van der Waals surface area (Å²) in [5, 5.41) is 12.4. The second-order valence-electron chi connectivity index (χ2n) is 13.5. The molecule has 0 aromatic heterocycles. The number of benzene rings is 1. The highest BCUT2D eigenvalue weighted by Gasteiger charge is 2.48. The molecule has 1 aliphatic rings. The van der Waals surface area contributed by atoms with Crippen LogP contribution in [0.15, 0.2) is 36.1 Å². The van der Waals surface area contributed by atoms with Crippen molar-refractivity contribution >= 4 is 28.2 Å². The number of nitro benzene ring substituents is 1. The van der Waals surface area contributed by atoms with Crippen LogP contribution in [0.4, 0.5) is 5.69 Å². The van der Waals surface area contributed by atoms with Crippen LogP contribution in [-0.2, 0) is 4.43 Å². The molecule has 1 heterocycles. The molecule has 0 saturated heterocycles. The Kier molecular flexibility index (Phi) is 11.2. The minimum Gasteiger partial charge on any atom is -0.540 e. The van der Waals surface area contributed by atoms with Crippen LogP contribution in [0.3, 0.4) is 0 Å². The minimum atomic E-state index is -2.45. The molecule has 41 heavy (non-hydrogen) atoms. The van der Waals surface area contributed by atoms with E-state index in [4.69, 9.17) is 13.6 Å². The molecule has 1 atom stereocenters. The number of hydrogen-bond acceptors (Lipinski definition) is 6. The van der Waals surface area contributed by atoms with Gasteiger partial charge in [0.1, 0.15) is 5.56 Å². The highest BCUT2D eigenvalue weighted by atomic mass is 28.4. The summed E-state index contributed by atoms with van der Waals surface area (Å²) < 4.78 is 19.0. The van der Waals surface area contributed by atoms with E-state index in [2.05, 4.69) is 75.4 Å². The average molecular weight is 605 g/mol. The van der Waals surface area contributed by atoms with Crippen LogP contribution in [0.2, 0.25) is 34.8 Å². The van der Waals surface area contributed by atoms with E-state index in [1.807, 2.05) is 19.1 Å². The second kappa shape index (κ2) is 13.3. The third kappa shape index (κ3) is 7.32. The van der Waals surface area contributed by atoms with Crippen molar-refractivity contribution in [3.8, 4) is 11.5 Å². The topological polar surface area (TPSA) is 91.1 Å². The van der Waals surface area contributed by atoms with Gasteiger partial charge in [0.2, 0.25) is 0 Å². The van der Waals surface area contributed by atoms with Crippen LogP contribution in [-0.4, -0.2) is 52.1 Å². The Bertz CT molecular complexity index is 1150. The quantitative estimate of drug-likeness (QED) is 0.134. The van der Waals surface area contributed by atoms with Gasteiger partial charge in [-0.2, -0.15) is 0 Å². The standard InChI is InChI=1S/C31H52N2O6Si2/c1-14-15-24-16-25(20-38-40(12,13)31(8,9)10)32(19-24)30(34)26-17-28(37-11)29(18-27(26)33(35)36)39-41(21(2)3,22(4)5)23(6)7/h14-15,17-19,21-23,25H,16,20H2,1-13H3. The Morgan fingerprint density at radius 3 is 2.10 bits per heavy atom. The Labute approximate surface area is 249 Å². The van der Waals surface area contributed by atoms with E-state index in [-0.39, 0.29) is 39.0 Å². The molecule has 0 bridgehead atoms. The smallest absolute Gasteiger partial charge is 0.286 e. The van der Waals surface area contributed by atoms with Crippen LogP contribution in [0.1, 0.15) is 86.0 Å². The van der Waals surface area contributed by atoms with Crippen molar-refractivity contribution in [1.82, 2.24) is 4.90 Å². The van der Waals surface area contributed by atoms with Gasteiger partial charge in [0.25, 0.3) is 19.9 Å². The lowest BCUT2D eigenvalue weighted by Gasteiger charge is -2.42. The van der Waals surface area contributed by atoms with Crippen LogP contribution < -0.4 is 9.16 Å². The van der Waals surface area contributed by atoms with Crippen molar-refractivity contribution in [3.05, 3.63) is 51.7 Å². The lowest BCUT2D eigenvalue weighted by Crippen LogP contribution is -2.50. The molecule has 0 aliphatic carbocycles. The number of amides is 1. The fraction of sp³-hybridized carbons (Fsp3) is 0.645. The SMILES string of the molecule is CC=CC1=CN(C(=O)c2cc(OC)c(O[Si](C(C)C)(C(C)C)C(C)C)cc2[N+](=O)[O-])C(CO[Si](C)(C)C(C)(C)C)C1. The van der Waals surface area contributed by atoms with Gasteiger partial charge in [-0.25, -0.2) is 0 Å². The number of ether oxygens (including phenoxy) is 1. The molecule has 1 aliphatic heterocycles. The van der Waals surface area contributed by atoms with Crippen LogP contribution in [0, 0.1) is 10.1 Å². The number of hydrogen-bond donors (Lipinski definition) is 0. The molecular formula is C31H52N2O6Si2. The van der Waals surface area contributed by atoms with E-state index >= 15 is 0 Å². The first-order valence-corrected chi connectivity index (χ1v) is 19.7. The number of carbonyl (C=O) groups is 1. The molecule has 0 N–H and O–H groups in total. The predicted octanol–water partition coefficient (Wildman–Crippen LogP) is 8.85. The van der Waals surface area contributed by atoms with E-state index in [0.29, 0.717) is 24.5 Å². The average Bonchev–Trinajstić information content (AvgIpc) is 3.26. The van der Waals surface area contributed by atoms with Crippen LogP contribution >= 0.6 is 0 Å². The summed E-state index contributed by atoms with van der Waals surface area (Å²) >= 11 is 0. The normalized spacial score (nSPS) is 16.7. The molecule has 2 rings (SSSR count). The summed E-state index contributed by atoms with van der Waals surface area (Å²) in [6.07, 6.45) is 6.29. The second-order valence-corrected chi connectivity index (χ2v) is 23.7. The van der Waals surface area contributed by atoms with Gasteiger partial charge < -0.3 is 18.5 Å². The first-order valence-electron chi connectivity index (χ1n) is 14.7. The minimum absolute atomic E-state index is 0.0164. The third-order valence-electron chi connectivity index (χ3n) is 8.93. The number of nitrogens with zero attached hydrogens (tertiary/aromatic N) is 2. The maximum absolute atomic E-state index is 14.1. The number of carbonyl (C=O) groups excluding carboxylic acids is 1. The number of allylic oxidation sites excluding steroid dienone is 2. The molecule has 0 spiro atoms. The molecule has 0 saturated carbocycles. The van der Waals surface area contributed by atoms with Gasteiger partial charge in [0, 0.05) is 12.3 Å². The summed E-state index contributed by atoms with van der Waals surface area (Å²) in [5.41, 5.74) is 1.43. The molecule has 0 radical (unpaired) electrons. The molecule has 1 aromatic rings. The highest BCUT2D eigenvalue weighted by Crippen LogP contribution is 2.46. The first kappa shape index (κ1) is 34.8. The molecule has 230 valence electrons. The molecule has 10 heteroatoms. The zero-order valence-electron chi connectivity index (χ0n) is 27.5. The van der Waals surface area contributed by atoms with Crippen molar-refractivity contribution in [3.63, 3.8) is 0 Å². The van der Waals surface area contributed by atoms with E-state index in [1.54, 1.807) is 11.1 Å². The molecular weight excluding hydrogens is 553 g/mol. The number of rotatable bonds is 12. The van der Waals surface area contributed by atoms with Gasteiger partial charge in [0.15, 0.2) is 19.8 Å². The molecule has 1 unspecified atom stereocenters. The van der Waals surface area contributed by atoms with Crippen molar-refractivity contribution in [2.75, 3.05) is 13.7 Å². The Balaban J connectivity index is 2.61. The maximum Gasteiger partial charge on any atom is 0.286 e. The van der Waals surface area contributed by atoms with Crippen molar-refractivity contribution in [2.45, 2.75) is 116 Å². The Hall–Kier alpha value is -2.44. The van der Waals surface area contributed by atoms with Gasteiger partial charge in [-0.1, -0.05) is 74.5 Å². The maximum atomic E-state index is 14.1. The molecule has 1 amide bonds. The predicted molar refractivity (Wildman–Crippen MR) is 172 cm³/mol. The van der Waals surface area contributed by atoms with Gasteiger partial charge >= 0.3 is 0 Å². The van der Waals surface area contributed by atoms with E-state index in [1.165, 1.54) is 19.2 Å². The summed E-state index contributed by atoms with van der Waals surface area (Å²) in [5.74, 6) is 0.191. The lowest BCUT2D eigenvalue weighted by atomic mass is 10.1. The highest BCUT2D eigenvalue weighted by molar-refractivity contribution is 6.78. The fourth-order valence-corrected chi connectivity index (χ4v) is 12.0. The van der Waals surface area contributed by atoms with E-state index in [0.717, 1.165) is 5.57 Å². The number of methoxy groups -OCH3 is 1. The zero-order chi connectivity index (χ0) is 31.5. The zero-order valence-corrected chi connectivity index (χ0v) is 29.5. The Morgan fingerprint density at radius 2 is 1.66 bits per heavy atom. The molecule has 1 aromatic carbocycles. The monoisotopic (exact) mass is 604 g/mol. The van der Waals surface area contributed by atoms with Gasteiger partial charge in [-0.15, -0.1) is 0 Å². The third-order valence-corrected chi connectivity index (χ3v) is 19.4. The van der Waals surface area contributed by atoms with Crippen molar-refractivity contribution in [2.24, 2.45) is 0 Å². The Morgan fingerprint density at radius 1 is 1.10 bits per heavy atom. The lowest BCUT2D eigenvalue weighted by molar-refractivity contribution is -0.385. The summed E-state index contributed by atoms with van der Waals surface area (Å²) in [6.45, 7) is 26.1. The fourth-order valence-electron chi connectivity index (χ4n) is 5.71. The van der Waals surface area contributed by atoms with Crippen LogP contribution in [0.5, 0.6) is 11.5 Å². The van der Waals surface area contributed by atoms with E-state index < -0.39 is 27.5 Å². The van der Waals surface area contributed by atoms with Crippen molar-refractivity contribution < 1.29 is 23.3 Å². The van der Waals surface area contributed by atoms with Gasteiger partial charge in [-0.05, 0) is 53.7 Å². The molecule has 8 nitrogen and oxygen atoms in total. The summed E-state index contributed by atoms with van der Waals surface area (Å²) in [7, 11) is -3.02.